The second-order valence-electron chi connectivity index (χ2n) is 5.96. The zero-order valence-electron chi connectivity index (χ0n) is 14.2. The number of nitrogens with zero attached hydrogens (tertiary/aromatic N) is 7. The topological polar surface area (TPSA) is 81.8 Å². The number of pyridine rings is 2. The van der Waals surface area contributed by atoms with E-state index < -0.39 is 0 Å². The van der Waals surface area contributed by atoms with E-state index in [4.69, 9.17) is 5.26 Å². The molecule has 1 aliphatic heterocycles. The molecular formula is C19H17N7. The zero-order valence-corrected chi connectivity index (χ0v) is 14.2. The summed E-state index contributed by atoms with van der Waals surface area (Å²) in [6, 6.07) is 17.3. The molecular weight excluding hydrogens is 326 g/mol. The Morgan fingerprint density at radius 1 is 0.769 bits per heavy atom. The lowest BCUT2D eigenvalue weighted by molar-refractivity contribution is 0.638. The summed E-state index contributed by atoms with van der Waals surface area (Å²) in [5.41, 5.74) is 2.03. The highest BCUT2D eigenvalue weighted by atomic mass is 15.3. The molecule has 0 bridgehead atoms. The number of hydrogen-bond acceptors (Lipinski definition) is 7. The van der Waals surface area contributed by atoms with E-state index in [1.807, 2.05) is 42.5 Å². The van der Waals surface area contributed by atoms with Crippen molar-refractivity contribution in [3.63, 3.8) is 0 Å². The summed E-state index contributed by atoms with van der Waals surface area (Å²) in [6.07, 6.45) is 1.75. The van der Waals surface area contributed by atoms with Crippen LogP contribution in [0, 0.1) is 11.3 Å². The molecule has 7 heteroatoms. The number of piperazine rings is 1. The van der Waals surface area contributed by atoms with Gasteiger partial charge in [0.2, 0.25) is 0 Å². The minimum atomic E-state index is 0.445. The zero-order chi connectivity index (χ0) is 17.8. The molecule has 26 heavy (non-hydrogen) atoms. The van der Waals surface area contributed by atoms with Gasteiger partial charge in [0.05, 0.1) is 5.69 Å². The van der Waals surface area contributed by atoms with Crippen LogP contribution < -0.4 is 9.80 Å². The minimum Gasteiger partial charge on any atom is -0.353 e. The normalized spacial score (nSPS) is 14.1. The third kappa shape index (κ3) is 3.30. The van der Waals surface area contributed by atoms with Gasteiger partial charge in [-0.15, -0.1) is 10.2 Å². The highest BCUT2D eigenvalue weighted by molar-refractivity contribution is 5.55. The monoisotopic (exact) mass is 343 g/mol. The van der Waals surface area contributed by atoms with E-state index in [9.17, 15) is 0 Å². The van der Waals surface area contributed by atoms with E-state index in [1.54, 1.807) is 12.3 Å². The molecule has 0 radical (unpaired) electrons. The summed E-state index contributed by atoms with van der Waals surface area (Å²) >= 11 is 0. The second-order valence-corrected chi connectivity index (χ2v) is 5.96. The average Bonchev–Trinajstić information content (AvgIpc) is 2.75. The Kier molecular flexibility index (Phi) is 4.39. The molecule has 4 rings (SSSR count). The number of anilines is 2. The van der Waals surface area contributed by atoms with Crippen molar-refractivity contribution in [1.29, 1.82) is 5.26 Å². The molecule has 0 N–H and O–H groups in total. The molecule has 0 atom stereocenters. The third-order valence-corrected chi connectivity index (χ3v) is 4.35. The number of rotatable bonds is 3. The fourth-order valence-electron chi connectivity index (χ4n) is 2.97. The Morgan fingerprint density at radius 2 is 1.58 bits per heavy atom. The van der Waals surface area contributed by atoms with Crippen molar-refractivity contribution in [1.82, 2.24) is 20.2 Å². The van der Waals surface area contributed by atoms with E-state index in [-0.39, 0.29) is 0 Å². The summed E-state index contributed by atoms with van der Waals surface area (Å²) in [4.78, 5) is 13.1. The first-order valence-corrected chi connectivity index (χ1v) is 8.46. The molecule has 1 saturated heterocycles. The van der Waals surface area contributed by atoms with Gasteiger partial charge in [-0.25, -0.2) is 4.98 Å². The van der Waals surface area contributed by atoms with Crippen molar-refractivity contribution in [3.8, 4) is 17.5 Å². The molecule has 4 heterocycles. The Bertz CT molecular complexity index is 911. The van der Waals surface area contributed by atoms with Crippen LogP contribution in [0.15, 0.2) is 54.7 Å². The summed E-state index contributed by atoms with van der Waals surface area (Å²) in [5.74, 6) is 1.71. The minimum absolute atomic E-state index is 0.445. The van der Waals surface area contributed by atoms with Crippen molar-refractivity contribution in [2.45, 2.75) is 0 Å². The molecule has 128 valence electrons. The first-order chi connectivity index (χ1) is 12.8. The van der Waals surface area contributed by atoms with Crippen LogP contribution in [0.5, 0.6) is 0 Å². The van der Waals surface area contributed by atoms with Crippen molar-refractivity contribution < 1.29 is 0 Å². The Balaban J connectivity index is 1.42. The lowest BCUT2D eigenvalue weighted by Gasteiger charge is -2.35. The summed E-state index contributed by atoms with van der Waals surface area (Å²) in [7, 11) is 0. The van der Waals surface area contributed by atoms with E-state index in [1.165, 1.54) is 0 Å². The van der Waals surface area contributed by atoms with Gasteiger partial charge in [0.15, 0.2) is 5.82 Å². The van der Waals surface area contributed by atoms with Gasteiger partial charge in [-0.1, -0.05) is 12.1 Å². The van der Waals surface area contributed by atoms with Crippen LogP contribution in [0.25, 0.3) is 11.4 Å². The van der Waals surface area contributed by atoms with Crippen LogP contribution in [0.1, 0.15) is 5.69 Å². The van der Waals surface area contributed by atoms with Gasteiger partial charge in [-0.3, -0.25) is 4.98 Å². The molecule has 0 saturated carbocycles. The number of nitriles is 1. The second kappa shape index (κ2) is 7.15. The first kappa shape index (κ1) is 16.0. The van der Waals surface area contributed by atoms with Crippen LogP contribution in [0.2, 0.25) is 0 Å². The van der Waals surface area contributed by atoms with Crippen LogP contribution >= 0.6 is 0 Å². The summed E-state index contributed by atoms with van der Waals surface area (Å²) in [5, 5.41) is 17.7. The fourth-order valence-corrected chi connectivity index (χ4v) is 2.97. The predicted molar refractivity (Wildman–Crippen MR) is 98.6 cm³/mol. The predicted octanol–water partition coefficient (Wildman–Crippen LogP) is 2.13. The first-order valence-electron chi connectivity index (χ1n) is 8.46. The quantitative estimate of drug-likeness (QED) is 0.720. The third-order valence-electron chi connectivity index (χ3n) is 4.35. The maximum Gasteiger partial charge on any atom is 0.151 e. The van der Waals surface area contributed by atoms with Gasteiger partial charge in [0.25, 0.3) is 0 Å². The molecule has 3 aromatic heterocycles. The van der Waals surface area contributed by atoms with Crippen molar-refractivity contribution in [3.05, 3.63) is 60.4 Å². The maximum atomic E-state index is 9.00. The van der Waals surface area contributed by atoms with E-state index in [0.717, 1.165) is 49.2 Å². The lowest BCUT2D eigenvalue weighted by atomic mass is 10.2. The highest BCUT2D eigenvalue weighted by Crippen LogP contribution is 2.19. The molecule has 1 fully saturated rings. The molecule has 3 aromatic rings. The van der Waals surface area contributed by atoms with Crippen LogP contribution in [0.4, 0.5) is 11.6 Å². The van der Waals surface area contributed by atoms with Gasteiger partial charge in [-0.2, -0.15) is 5.26 Å². The van der Waals surface area contributed by atoms with Gasteiger partial charge in [-0.05, 0) is 36.4 Å². The van der Waals surface area contributed by atoms with Crippen molar-refractivity contribution in [2.75, 3.05) is 36.0 Å². The van der Waals surface area contributed by atoms with Gasteiger partial charge < -0.3 is 9.80 Å². The molecule has 0 aromatic carbocycles. The molecule has 1 aliphatic rings. The highest BCUT2D eigenvalue weighted by Gasteiger charge is 2.19. The van der Waals surface area contributed by atoms with Crippen LogP contribution in [-0.4, -0.2) is 46.3 Å². The maximum absolute atomic E-state index is 9.00. The summed E-state index contributed by atoms with van der Waals surface area (Å²) in [6.45, 7) is 3.31. The van der Waals surface area contributed by atoms with Crippen LogP contribution in [0.3, 0.4) is 0 Å². The molecule has 0 unspecified atom stereocenters. The molecule has 0 spiro atoms. The van der Waals surface area contributed by atoms with Gasteiger partial charge in [0, 0.05) is 32.4 Å². The Morgan fingerprint density at radius 3 is 2.23 bits per heavy atom. The lowest BCUT2D eigenvalue weighted by Crippen LogP contribution is -2.47. The smallest absolute Gasteiger partial charge is 0.151 e. The largest absolute Gasteiger partial charge is 0.353 e. The van der Waals surface area contributed by atoms with Gasteiger partial charge in [0.1, 0.15) is 23.3 Å². The Hall–Kier alpha value is -3.53. The van der Waals surface area contributed by atoms with E-state index >= 15 is 0 Å². The molecule has 0 amide bonds. The van der Waals surface area contributed by atoms with Crippen molar-refractivity contribution >= 4 is 11.6 Å². The summed E-state index contributed by atoms with van der Waals surface area (Å²) < 4.78 is 0. The van der Waals surface area contributed by atoms with E-state index in [2.05, 4.69) is 36.0 Å². The molecule has 7 nitrogen and oxygen atoms in total. The van der Waals surface area contributed by atoms with E-state index in [0.29, 0.717) is 5.69 Å². The number of aromatic nitrogens is 4. The molecule has 0 aliphatic carbocycles. The number of hydrogen-bond donors (Lipinski definition) is 0. The fraction of sp³-hybridized carbons (Fsp3) is 0.211. The van der Waals surface area contributed by atoms with Gasteiger partial charge >= 0.3 is 0 Å². The Labute approximate surface area is 151 Å². The van der Waals surface area contributed by atoms with Crippen molar-refractivity contribution in [2.24, 2.45) is 0 Å². The standard InChI is InChI=1S/C19H17N7/c20-14-15-4-3-6-18(22-15)25-10-12-26(13-11-25)19-8-7-17(23-24-19)16-5-1-2-9-21-16/h1-9H,10-13H2. The SMILES string of the molecule is N#Cc1cccc(N2CCN(c3ccc(-c4ccccn4)nn3)CC2)n1. The average molecular weight is 343 g/mol. The van der Waals surface area contributed by atoms with Crippen LogP contribution in [-0.2, 0) is 0 Å².